The highest BCUT2D eigenvalue weighted by Gasteiger charge is 2.66. The fourth-order valence-electron chi connectivity index (χ4n) is 12.7. The van der Waals surface area contributed by atoms with Gasteiger partial charge in [0, 0.05) is 62.6 Å². The molecule has 0 unspecified atom stereocenters. The number of hydroxylamine groups is 3. The van der Waals surface area contributed by atoms with Crippen LogP contribution in [0.5, 0.6) is 17.2 Å². The molecule has 3 fully saturated rings. The van der Waals surface area contributed by atoms with E-state index in [0.29, 0.717) is 27.5 Å². The van der Waals surface area contributed by atoms with Gasteiger partial charge in [0.05, 0.1) is 70.1 Å². The highest BCUT2D eigenvalue weighted by atomic mass is 35.5. The Bertz CT molecular complexity index is 4850. The number of carbonyl (C=O) groups excluding carboxylic acids is 6. The van der Waals surface area contributed by atoms with Crippen LogP contribution in [0.2, 0.25) is 5.02 Å². The molecule has 0 spiro atoms. The number of halogens is 3. The van der Waals surface area contributed by atoms with E-state index in [1.807, 2.05) is 84.9 Å². The van der Waals surface area contributed by atoms with Crippen molar-refractivity contribution in [3.8, 4) is 39.8 Å². The van der Waals surface area contributed by atoms with Crippen LogP contribution in [0, 0.1) is 50.3 Å². The van der Waals surface area contributed by atoms with Crippen molar-refractivity contribution in [2.24, 2.45) is 34.3 Å². The average Bonchev–Trinajstić information content (AvgIpc) is 1.51. The number of carbonyl (C=O) groups is 6. The summed E-state index contributed by atoms with van der Waals surface area (Å²) in [4.78, 5) is 95.9. The molecule has 0 aliphatic heterocycles. The molecule has 3 heterocycles. The van der Waals surface area contributed by atoms with Crippen LogP contribution < -0.4 is 36.4 Å². The summed E-state index contributed by atoms with van der Waals surface area (Å²) < 4.78 is 57.2. The Morgan fingerprint density at radius 2 is 1.05 bits per heavy atom. The second-order valence-electron chi connectivity index (χ2n) is 24.6. The minimum Gasteiger partial charge on any atom is -0.489 e. The summed E-state index contributed by atoms with van der Waals surface area (Å²) in [5.41, 5.74) is 15.7. The molecule has 0 bridgehead atoms. The van der Waals surface area contributed by atoms with Gasteiger partial charge < -0.3 is 29.4 Å². The molecule has 0 saturated heterocycles. The summed E-state index contributed by atoms with van der Waals surface area (Å²) >= 11 is 6.02. The summed E-state index contributed by atoms with van der Waals surface area (Å²) in [5.74, 6) is -6.62. The number of primary amides is 1. The standard InChI is InChI=1S/C28H23ClFN3O4.C28H24FN3O5.C19H18N2O7/c29-19-8-6-17(7-9-19)24-12-18(20-3-1-2-4-23(20)32-24)15-37-25-10-5-16(11-22(25)30)13-28(27(31)35)14-21(28)26(34)33-36;1-36-27(34)28(15-21(28)26(33)32-35)14-17-6-7-25(22(29)12-17)37-16-19-13-24(18-8-10-30-11-9-18)31-23-5-3-2-4-20(19)23;1-27-18(23)19(10-16(19)17(22)20-24)13-3-2-4-15(9-13)28-11-12-5-7-14(8-6-12)21(25)26/h1-12,21,36H,13-15H2,(H2,31,35)(H,33,34);2-13,21,35H,14-16H2,1H3,(H,32,33);2-9,16,24H,10-11H2,1H3,(H,20,22)/t2*21-,28+;16-,19-/m110/s1. The van der Waals surface area contributed by atoms with E-state index in [1.165, 1.54) is 50.6 Å². The van der Waals surface area contributed by atoms with Gasteiger partial charge in [0.2, 0.25) is 23.6 Å². The third-order valence-electron chi connectivity index (χ3n) is 18.4. The van der Waals surface area contributed by atoms with Gasteiger partial charge in [-0.2, -0.15) is 0 Å². The molecular weight excluding hydrogens is 1340 g/mol. The van der Waals surface area contributed by atoms with Crippen LogP contribution in [0.25, 0.3) is 44.3 Å². The number of rotatable bonds is 23. The van der Waals surface area contributed by atoms with Gasteiger partial charge in [-0.15, -0.1) is 0 Å². The van der Waals surface area contributed by atoms with Crippen LogP contribution in [-0.4, -0.2) is 85.3 Å². The number of nitro groups is 1. The Kier molecular flexibility index (Phi) is 21.5. The van der Waals surface area contributed by atoms with Crippen molar-refractivity contribution in [2.45, 2.75) is 57.3 Å². The molecule has 102 heavy (non-hydrogen) atoms. The number of amides is 4. The molecule has 3 aliphatic rings. The lowest BCUT2D eigenvalue weighted by atomic mass is 9.92. The van der Waals surface area contributed by atoms with E-state index in [1.54, 1.807) is 89.5 Å². The zero-order valence-corrected chi connectivity index (χ0v) is 55.3. The van der Waals surface area contributed by atoms with Gasteiger partial charge in [-0.25, -0.2) is 35.2 Å². The number of benzene rings is 7. The number of hydrogen-bond donors (Lipinski definition) is 7. The topological polar surface area (TPSA) is 353 Å². The number of esters is 2. The van der Waals surface area contributed by atoms with Crippen molar-refractivity contribution >= 4 is 74.7 Å². The summed E-state index contributed by atoms with van der Waals surface area (Å²) in [6.45, 7) is 0.388. The van der Waals surface area contributed by atoms with Crippen LogP contribution >= 0.6 is 11.6 Å². The normalized spacial score (nSPS) is 18.8. The van der Waals surface area contributed by atoms with Crippen LogP contribution in [0.3, 0.4) is 0 Å². The van der Waals surface area contributed by atoms with Gasteiger partial charge >= 0.3 is 11.9 Å². The highest BCUT2D eigenvalue weighted by molar-refractivity contribution is 6.30. The SMILES string of the molecule is COC(=O)[C@@]1(Cc2ccc(OCc3cc(-c4ccncc4)nc4ccccc34)c(F)c2)C[C@@H]1C(=O)NO.COC(=O)[C@]1(c2cccc(OCc3ccc([N+](=O)[O-])cc3)c2)C[C@H]1C(=O)NO.NC(=O)[C@@]1(Cc2ccc(OCc3cc(-c4ccc(Cl)cc4)nc4ccccc34)c(F)c2)C[C@@H]1C(=O)NO. The minimum absolute atomic E-state index is 0.00676. The fourth-order valence-corrected chi connectivity index (χ4v) is 12.8. The maximum atomic E-state index is 15.0. The predicted molar refractivity (Wildman–Crippen MR) is 364 cm³/mol. The molecule has 8 N–H and O–H groups in total. The molecule has 13 rings (SSSR count). The Morgan fingerprint density at radius 3 is 1.56 bits per heavy atom. The number of aromatic nitrogens is 3. The number of para-hydroxylation sites is 2. The maximum Gasteiger partial charge on any atom is 0.317 e. The third-order valence-corrected chi connectivity index (χ3v) is 18.7. The first kappa shape index (κ1) is 71.4. The number of methoxy groups -OCH3 is 2. The Hall–Kier alpha value is -11.8. The molecule has 7 aromatic carbocycles. The van der Waals surface area contributed by atoms with E-state index in [9.17, 15) is 43.3 Å². The Labute approximate surface area is 585 Å². The van der Waals surface area contributed by atoms with Crippen molar-refractivity contribution in [1.29, 1.82) is 0 Å². The lowest BCUT2D eigenvalue weighted by Crippen LogP contribution is -2.33. The minimum atomic E-state index is -1.16. The van der Waals surface area contributed by atoms with E-state index >= 15 is 4.39 Å². The van der Waals surface area contributed by atoms with Gasteiger partial charge in [-0.1, -0.05) is 84.4 Å². The van der Waals surface area contributed by atoms with Crippen molar-refractivity contribution in [3.63, 3.8) is 0 Å². The number of pyridine rings is 3. The molecule has 10 aromatic rings. The number of fused-ring (bicyclic) bond motifs is 2. The number of hydrogen-bond acceptors (Lipinski definition) is 19. The van der Waals surface area contributed by atoms with Crippen LogP contribution in [0.1, 0.15) is 52.6 Å². The molecule has 3 aliphatic carbocycles. The molecule has 4 amide bonds. The van der Waals surface area contributed by atoms with Crippen molar-refractivity contribution in [1.82, 2.24) is 31.4 Å². The molecule has 6 atom stereocenters. The maximum absolute atomic E-state index is 15.0. The average molecular weight is 1410 g/mol. The first-order chi connectivity index (χ1) is 49.2. The van der Waals surface area contributed by atoms with Crippen molar-refractivity contribution < 1.29 is 81.8 Å². The highest BCUT2D eigenvalue weighted by Crippen LogP contribution is 2.58. The quantitative estimate of drug-likeness (QED) is 0.0135. The number of nitro benzene ring substituents is 1. The molecule has 27 heteroatoms. The van der Waals surface area contributed by atoms with E-state index in [-0.39, 0.29) is 69.1 Å². The molecule has 522 valence electrons. The zero-order valence-electron chi connectivity index (χ0n) is 54.5. The van der Waals surface area contributed by atoms with E-state index < -0.39 is 86.1 Å². The third kappa shape index (κ3) is 15.5. The van der Waals surface area contributed by atoms with E-state index in [2.05, 4.69) is 4.98 Å². The summed E-state index contributed by atoms with van der Waals surface area (Å²) in [6, 6.07) is 51.8. The molecule has 0 radical (unpaired) electrons. The van der Waals surface area contributed by atoms with Crippen LogP contribution in [-0.2, 0) is 76.3 Å². The summed E-state index contributed by atoms with van der Waals surface area (Å²) in [7, 11) is 2.47. The lowest BCUT2D eigenvalue weighted by Gasteiger charge is -2.16. The van der Waals surface area contributed by atoms with Gasteiger partial charge in [0.1, 0.15) is 31.0 Å². The first-order valence-electron chi connectivity index (χ1n) is 31.7. The summed E-state index contributed by atoms with van der Waals surface area (Å²) in [6.07, 6.45) is 4.20. The number of ether oxygens (including phenoxy) is 5. The van der Waals surface area contributed by atoms with Gasteiger partial charge in [-0.3, -0.25) is 59.5 Å². The zero-order chi connectivity index (χ0) is 72.5. The van der Waals surface area contributed by atoms with E-state index in [0.717, 1.165) is 61.0 Å². The van der Waals surface area contributed by atoms with Crippen LogP contribution in [0.4, 0.5) is 14.5 Å². The second kappa shape index (κ2) is 30.7. The number of nitrogens with two attached hydrogens (primary N) is 1. The Balaban J connectivity index is 0.000000156. The predicted octanol–water partition coefficient (Wildman–Crippen LogP) is 11.2. The second-order valence-corrected chi connectivity index (χ2v) is 25.1. The first-order valence-corrected chi connectivity index (χ1v) is 32.1. The van der Waals surface area contributed by atoms with E-state index in [4.69, 9.17) is 66.6 Å². The summed E-state index contributed by atoms with van der Waals surface area (Å²) in [5, 5.41) is 39.8. The monoisotopic (exact) mass is 1410 g/mol. The number of non-ortho nitro benzene ring substituents is 1. The largest absolute Gasteiger partial charge is 0.489 e. The fraction of sp³-hybridized carbons (Fsp3) is 0.213. The van der Waals surface area contributed by atoms with Gasteiger partial charge in [-0.05, 0) is 151 Å². The van der Waals surface area contributed by atoms with Gasteiger partial charge in [0.25, 0.3) is 5.69 Å². The van der Waals surface area contributed by atoms with Gasteiger partial charge in [0.15, 0.2) is 23.1 Å². The smallest absolute Gasteiger partial charge is 0.317 e. The molecule has 3 saturated carbocycles. The molecule has 24 nitrogen and oxygen atoms in total. The Morgan fingerprint density at radius 1 is 0.559 bits per heavy atom. The van der Waals surface area contributed by atoms with Crippen LogP contribution in [0.15, 0.2) is 194 Å². The van der Waals surface area contributed by atoms with Crippen molar-refractivity contribution in [3.05, 3.63) is 255 Å². The van der Waals surface area contributed by atoms with Crippen molar-refractivity contribution in [2.75, 3.05) is 14.2 Å². The molecule has 3 aromatic heterocycles. The number of nitrogens with zero attached hydrogens (tertiary/aromatic N) is 4. The lowest BCUT2D eigenvalue weighted by molar-refractivity contribution is -0.384. The number of nitrogens with one attached hydrogen (secondary N) is 3. The molecular formula is C75H65ClF2N8O16.